The molecule has 0 spiro atoms. The van der Waals surface area contributed by atoms with E-state index in [1.54, 1.807) is 24.3 Å². The molecule has 0 saturated heterocycles. The van der Waals surface area contributed by atoms with Crippen LogP contribution in [0.1, 0.15) is 37.8 Å². The largest absolute Gasteiger partial charge is 0.489 e. The van der Waals surface area contributed by atoms with E-state index in [0.29, 0.717) is 12.3 Å². The number of unbranched alkanes of at least 4 members (excludes halogenated alkanes) is 1. The van der Waals surface area contributed by atoms with Crippen LogP contribution in [0.15, 0.2) is 64.8 Å². The fourth-order valence-electron chi connectivity index (χ4n) is 1.78. The van der Waals surface area contributed by atoms with E-state index >= 15 is 0 Å². The highest BCUT2D eigenvalue weighted by atomic mass is 16.5. The predicted molar refractivity (Wildman–Crippen MR) is 107 cm³/mol. The second-order valence-electron chi connectivity index (χ2n) is 5.53. The van der Waals surface area contributed by atoms with E-state index in [2.05, 4.69) is 24.1 Å². The van der Waals surface area contributed by atoms with Crippen molar-refractivity contribution < 1.29 is 9.84 Å². The molecule has 0 bridgehead atoms. The van der Waals surface area contributed by atoms with Gasteiger partial charge < -0.3 is 21.3 Å². The Bertz CT molecular complexity index is 677. The van der Waals surface area contributed by atoms with E-state index in [4.69, 9.17) is 16.2 Å². The van der Waals surface area contributed by atoms with Gasteiger partial charge in [-0.1, -0.05) is 57.0 Å². The second-order valence-corrected chi connectivity index (χ2v) is 5.53. The Morgan fingerprint density at radius 3 is 2.04 bits per heavy atom. The lowest BCUT2D eigenvalue weighted by Crippen LogP contribution is -2.22. The zero-order valence-corrected chi connectivity index (χ0v) is 15.4. The number of rotatable bonds is 7. The Kier molecular flexibility index (Phi) is 10.2. The first-order valence-corrected chi connectivity index (χ1v) is 8.64. The molecule has 0 unspecified atom stereocenters. The van der Waals surface area contributed by atoms with Gasteiger partial charge in [-0.2, -0.15) is 0 Å². The van der Waals surface area contributed by atoms with Crippen molar-refractivity contribution in [2.45, 2.75) is 33.3 Å². The molecule has 0 amide bonds. The number of hydrogen-bond donors (Lipinski definition) is 3. The molecule has 5 N–H and O–H groups in total. The minimum Gasteiger partial charge on any atom is -0.489 e. The summed E-state index contributed by atoms with van der Waals surface area (Å²) in [6.07, 6.45) is 2.64. The van der Waals surface area contributed by atoms with Gasteiger partial charge in [-0.15, -0.1) is 10.2 Å². The van der Waals surface area contributed by atoms with Crippen molar-refractivity contribution in [3.05, 3.63) is 65.7 Å². The van der Waals surface area contributed by atoms with Gasteiger partial charge in [0, 0.05) is 5.56 Å². The third kappa shape index (κ3) is 8.30. The lowest BCUT2D eigenvalue weighted by molar-refractivity contribution is 0.306. The molecule has 0 atom stereocenters. The van der Waals surface area contributed by atoms with Crippen LogP contribution in [0.2, 0.25) is 0 Å². The van der Waals surface area contributed by atoms with Gasteiger partial charge in [-0.05, 0) is 29.8 Å². The van der Waals surface area contributed by atoms with Crippen LogP contribution in [0.5, 0.6) is 5.75 Å². The van der Waals surface area contributed by atoms with Crippen molar-refractivity contribution >= 4 is 11.7 Å². The van der Waals surface area contributed by atoms with E-state index in [-0.39, 0.29) is 12.6 Å². The molecule has 26 heavy (non-hydrogen) atoms. The van der Waals surface area contributed by atoms with Crippen molar-refractivity contribution in [1.29, 1.82) is 0 Å². The van der Waals surface area contributed by atoms with Gasteiger partial charge in [-0.3, -0.25) is 0 Å². The van der Waals surface area contributed by atoms with Gasteiger partial charge >= 0.3 is 0 Å². The number of nitrogens with zero attached hydrogens (tertiary/aromatic N) is 2. The molecule has 2 aromatic rings. The Labute approximate surface area is 155 Å². The van der Waals surface area contributed by atoms with Crippen LogP contribution in [-0.2, 0) is 6.61 Å². The van der Waals surface area contributed by atoms with Crippen LogP contribution >= 0.6 is 0 Å². The molecule has 0 aromatic heterocycles. The molecule has 6 heteroatoms. The number of aliphatic hydroxyl groups excluding tert-OH is 1. The number of hydrogen-bond acceptors (Lipinski definition) is 4. The summed E-state index contributed by atoms with van der Waals surface area (Å²) in [5.74, 6) is 0.570. The molecule has 0 heterocycles. The second kappa shape index (κ2) is 12.5. The summed E-state index contributed by atoms with van der Waals surface area (Å²) in [6.45, 7) is 4.59. The summed E-state index contributed by atoms with van der Waals surface area (Å²) in [7, 11) is 0. The number of guanidine groups is 1. The van der Waals surface area contributed by atoms with Gasteiger partial charge in [-0.25, -0.2) is 0 Å². The quantitative estimate of drug-likeness (QED) is 0.403. The first-order valence-electron chi connectivity index (χ1n) is 8.64. The van der Waals surface area contributed by atoms with Crippen LogP contribution < -0.4 is 16.2 Å². The van der Waals surface area contributed by atoms with Crippen molar-refractivity contribution in [3.8, 4) is 5.75 Å². The van der Waals surface area contributed by atoms with E-state index in [1.807, 2.05) is 30.3 Å². The topological polar surface area (TPSA) is 106 Å². The molecule has 0 radical (unpaired) electrons. The SMILES string of the molecule is CCCC.NC(N)=N/N=C(\CO)c1ccc(OCc2ccccc2)cc1. The van der Waals surface area contributed by atoms with Crippen LogP contribution in [0.4, 0.5) is 0 Å². The van der Waals surface area contributed by atoms with Crippen molar-refractivity contribution in [1.82, 2.24) is 0 Å². The fraction of sp³-hybridized carbons (Fsp3) is 0.300. The van der Waals surface area contributed by atoms with Gasteiger partial charge in [0.05, 0.1) is 12.3 Å². The standard InChI is InChI=1S/C16H18N4O2.C4H10/c17-16(18)20-19-15(10-21)13-6-8-14(9-7-13)22-11-12-4-2-1-3-5-12;1-3-4-2/h1-9,21H,10-11H2,(H4,17,18,20);3-4H2,1-2H3/b19-15+;. The molecule has 0 fully saturated rings. The monoisotopic (exact) mass is 356 g/mol. The van der Waals surface area contributed by atoms with E-state index < -0.39 is 0 Å². The van der Waals surface area contributed by atoms with E-state index in [1.165, 1.54) is 12.8 Å². The first-order chi connectivity index (χ1) is 12.6. The van der Waals surface area contributed by atoms with E-state index in [0.717, 1.165) is 16.9 Å². The Balaban J connectivity index is 0.000000765. The maximum atomic E-state index is 9.30. The van der Waals surface area contributed by atoms with Gasteiger partial charge in [0.25, 0.3) is 0 Å². The highest BCUT2D eigenvalue weighted by Crippen LogP contribution is 2.15. The smallest absolute Gasteiger partial charge is 0.211 e. The maximum absolute atomic E-state index is 9.30. The molecule has 2 aromatic carbocycles. The number of ether oxygens (including phenoxy) is 1. The first kappa shape index (κ1) is 21.2. The maximum Gasteiger partial charge on any atom is 0.211 e. The third-order valence-electron chi connectivity index (χ3n) is 3.37. The third-order valence-corrected chi connectivity index (χ3v) is 3.37. The molecule has 0 saturated carbocycles. The molecule has 0 aliphatic heterocycles. The summed E-state index contributed by atoms with van der Waals surface area (Å²) in [5, 5.41) is 16.6. The van der Waals surface area contributed by atoms with Gasteiger partial charge in [0.2, 0.25) is 5.96 Å². The normalized spacial score (nSPS) is 10.5. The average Bonchev–Trinajstić information content (AvgIpc) is 2.68. The highest BCUT2D eigenvalue weighted by molar-refractivity contribution is 6.01. The molecular weight excluding hydrogens is 328 g/mol. The summed E-state index contributed by atoms with van der Waals surface area (Å²) in [4.78, 5) is 0. The summed E-state index contributed by atoms with van der Waals surface area (Å²) in [6, 6.07) is 17.1. The highest BCUT2D eigenvalue weighted by Gasteiger charge is 2.03. The lowest BCUT2D eigenvalue weighted by Gasteiger charge is -2.07. The van der Waals surface area contributed by atoms with Crippen LogP contribution in [-0.4, -0.2) is 23.4 Å². The molecule has 0 aliphatic rings. The number of benzene rings is 2. The van der Waals surface area contributed by atoms with Crippen LogP contribution in [0, 0.1) is 0 Å². The van der Waals surface area contributed by atoms with Crippen LogP contribution in [0.25, 0.3) is 0 Å². The number of nitrogens with two attached hydrogens (primary N) is 2. The lowest BCUT2D eigenvalue weighted by atomic mass is 10.1. The van der Waals surface area contributed by atoms with Crippen molar-refractivity contribution in [2.24, 2.45) is 21.7 Å². The minimum absolute atomic E-state index is 0.159. The molecular formula is C20H28N4O2. The summed E-state index contributed by atoms with van der Waals surface area (Å²) in [5.41, 5.74) is 12.6. The van der Waals surface area contributed by atoms with Crippen molar-refractivity contribution in [2.75, 3.05) is 6.61 Å². The summed E-state index contributed by atoms with van der Waals surface area (Å²) >= 11 is 0. The zero-order chi connectivity index (χ0) is 19.2. The van der Waals surface area contributed by atoms with E-state index in [9.17, 15) is 5.11 Å². The van der Waals surface area contributed by atoms with Gasteiger partial charge in [0.1, 0.15) is 12.4 Å². The molecule has 2 rings (SSSR count). The van der Waals surface area contributed by atoms with Gasteiger partial charge in [0.15, 0.2) is 0 Å². The van der Waals surface area contributed by atoms with Crippen LogP contribution in [0.3, 0.4) is 0 Å². The fourth-order valence-corrected chi connectivity index (χ4v) is 1.78. The molecule has 6 nitrogen and oxygen atoms in total. The predicted octanol–water partition coefficient (Wildman–Crippen LogP) is 3.04. The Hall–Kier alpha value is -2.86. The van der Waals surface area contributed by atoms with Crippen molar-refractivity contribution in [3.63, 3.8) is 0 Å². The zero-order valence-electron chi connectivity index (χ0n) is 15.4. The minimum atomic E-state index is -0.263. The summed E-state index contributed by atoms with van der Waals surface area (Å²) < 4.78 is 5.69. The molecule has 0 aliphatic carbocycles. The Morgan fingerprint density at radius 2 is 1.54 bits per heavy atom. The number of aliphatic hydroxyl groups is 1. The average molecular weight is 356 g/mol. The Morgan fingerprint density at radius 1 is 0.923 bits per heavy atom. The molecule has 140 valence electrons.